The minimum absolute atomic E-state index is 0.182. The Labute approximate surface area is 110 Å². The van der Waals surface area contributed by atoms with Crippen molar-refractivity contribution in [3.8, 4) is 6.07 Å². The topological polar surface area (TPSA) is 108 Å². The molecule has 0 aliphatic heterocycles. The SMILES string of the molecule is CCc1[nH]nc(C(=O)Nc2ccc(C#N)cc2)c1N. The number of aromatic amines is 1. The summed E-state index contributed by atoms with van der Waals surface area (Å²) in [5.74, 6) is -0.377. The Morgan fingerprint density at radius 2 is 2.16 bits per heavy atom. The molecule has 6 nitrogen and oxygen atoms in total. The van der Waals surface area contributed by atoms with Crippen molar-refractivity contribution < 1.29 is 4.79 Å². The van der Waals surface area contributed by atoms with Gasteiger partial charge in [-0.25, -0.2) is 0 Å². The fourth-order valence-corrected chi connectivity index (χ4v) is 1.65. The Hall–Kier alpha value is -2.81. The molecule has 96 valence electrons. The van der Waals surface area contributed by atoms with Gasteiger partial charge in [0.25, 0.3) is 5.91 Å². The molecular weight excluding hydrogens is 242 g/mol. The number of nitrogens with one attached hydrogen (secondary N) is 2. The van der Waals surface area contributed by atoms with Gasteiger partial charge in [0.15, 0.2) is 5.69 Å². The number of nitriles is 1. The monoisotopic (exact) mass is 255 g/mol. The van der Waals surface area contributed by atoms with Crippen molar-refractivity contribution in [2.75, 3.05) is 11.1 Å². The summed E-state index contributed by atoms with van der Waals surface area (Å²) >= 11 is 0. The number of anilines is 2. The molecule has 4 N–H and O–H groups in total. The summed E-state index contributed by atoms with van der Waals surface area (Å²) in [6.45, 7) is 1.92. The number of carbonyl (C=O) groups excluding carboxylic acids is 1. The molecule has 0 aliphatic rings. The molecule has 6 heteroatoms. The summed E-state index contributed by atoms with van der Waals surface area (Å²) in [4.78, 5) is 12.0. The number of nitrogens with zero attached hydrogens (tertiary/aromatic N) is 2. The van der Waals surface area contributed by atoms with Gasteiger partial charge < -0.3 is 11.1 Å². The maximum absolute atomic E-state index is 12.0. The maximum atomic E-state index is 12.0. The molecule has 0 bridgehead atoms. The number of aromatic nitrogens is 2. The molecule has 2 aromatic rings. The lowest BCUT2D eigenvalue weighted by Crippen LogP contribution is -2.14. The third kappa shape index (κ3) is 2.55. The van der Waals surface area contributed by atoms with Gasteiger partial charge in [-0.15, -0.1) is 0 Å². The minimum atomic E-state index is -0.377. The highest BCUT2D eigenvalue weighted by Crippen LogP contribution is 2.16. The van der Waals surface area contributed by atoms with E-state index in [2.05, 4.69) is 15.5 Å². The molecule has 19 heavy (non-hydrogen) atoms. The lowest BCUT2D eigenvalue weighted by Gasteiger charge is -2.03. The van der Waals surface area contributed by atoms with Crippen LogP contribution in [0.2, 0.25) is 0 Å². The molecule has 0 atom stereocenters. The van der Waals surface area contributed by atoms with Crippen LogP contribution in [0.1, 0.15) is 28.7 Å². The number of hydrogen-bond donors (Lipinski definition) is 3. The molecule has 0 fully saturated rings. The van der Waals surface area contributed by atoms with E-state index in [0.717, 1.165) is 5.69 Å². The summed E-state index contributed by atoms with van der Waals surface area (Å²) in [5, 5.41) is 18.0. The van der Waals surface area contributed by atoms with E-state index < -0.39 is 0 Å². The van der Waals surface area contributed by atoms with E-state index in [1.807, 2.05) is 13.0 Å². The number of nitrogen functional groups attached to an aromatic ring is 1. The summed E-state index contributed by atoms with van der Waals surface area (Å²) in [6, 6.07) is 8.57. The Kier molecular flexibility index (Phi) is 3.48. The van der Waals surface area contributed by atoms with Gasteiger partial charge in [-0.05, 0) is 30.7 Å². The smallest absolute Gasteiger partial charge is 0.278 e. The number of aryl methyl sites for hydroxylation is 1. The highest BCUT2D eigenvalue weighted by Gasteiger charge is 2.16. The molecule has 0 saturated carbocycles. The van der Waals surface area contributed by atoms with Crippen molar-refractivity contribution in [2.45, 2.75) is 13.3 Å². The number of carbonyl (C=O) groups is 1. The van der Waals surface area contributed by atoms with Gasteiger partial charge in [-0.1, -0.05) is 6.92 Å². The van der Waals surface area contributed by atoms with Crippen molar-refractivity contribution >= 4 is 17.3 Å². The largest absolute Gasteiger partial charge is 0.395 e. The molecule has 0 spiro atoms. The molecule has 1 heterocycles. The zero-order chi connectivity index (χ0) is 13.8. The van der Waals surface area contributed by atoms with Gasteiger partial charge in [0.2, 0.25) is 0 Å². The molecule has 0 unspecified atom stereocenters. The highest BCUT2D eigenvalue weighted by atomic mass is 16.2. The van der Waals surface area contributed by atoms with Crippen LogP contribution >= 0.6 is 0 Å². The average molecular weight is 255 g/mol. The summed E-state index contributed by atoms with van der Waals surface area (Å²) in [6.07, 6.45) is 0.684. The zero-order valence-electron chi connectivity index (χ0n) is 10.4. The number of amides is 1. The first-order chi connectivity index (χ1) is 9.15. The van der Waals surface area contributed by atoms with Gasteiger partial charge in [0.1, 0.15) is 0 Å². The van der Waals surface area contributed by atoms with Crippen LogP contribution in [0, 0.1) is 11.3 Å². The van der Waals surface area contributed by atoms with Crippen LogP contribution in [-0.4, -0.2) is 16.1 Å². The van der Waals surface area contributed by atoms with Gasteiger partial charge in [-0.3, -0.25) is 9.89 Å². The number of H-pyrrole nitrogens is 1. The summed E-state index contributed by atoms with van der Waals surface area (Å²) in [7, 11) is 0. The van der Waals surface area contributed by atoms with Gasteiger partial charge >= 0.3 is 0 Å². The standard InChI is InChI=1S/C13H13N5O/c1-2-10-11(15)12(18-17-10)13(19)16-9-5-3-8(7-14)4-6-9/h3-6H,2,15H2,1H3,(H,16,19)(H,17,18). The second kappa shape index (κ2) is 5.23. The molecule has 0 saturated heterocycles. The van der Waals surface area contributed by atoms with Gasteiger partial charge in [0, 0.05) is 5.69 Å². The molecule has 0 radical (unpaired) electrons. The highest BCUT2D eigenvalue weighted by molar-refractivity contribution is 6.06. The fourth-order valence-electron chi connectivity index (χ4n) is 1.65. The third-order valence-corrected chi connectivity index (χ3v) is 2.72. The molecular formula is C13H13N5O. The molecule has 1 aromatic carbocycles. The van der Waals surface area contributed by atoms with Crippen molar-refractivity contribution in [1.29, 1.82) is 5.26 Å². The van der Waals surface area contributed by atoms with E-state index in [-0.39, 0.29) is 11.6 Å². The first kappa shape index (κ1) is 12.6. The molecule has 2 rings (SSSR count). The van der Waals surface area contributed by atoms with E-state index in [1.165, 1.54) is 0 Å². The van der Waals surface area contributed by atoms with Crippen LogP contribution < -0.4 is 11.1 Å². The predicted molar refractivity (Wildman–Crippen MR) is 71.5 cm³/mol. The summed E-state index contributed by atoms with van der Waals surface area (Å²) < 4.78 is 0. The van der Waals surface area contributed by atoms with Crippen LogP contribution in [0.25, 0.3) is 0 Å². The fraction of sp³-hybridized carbons (Fsp3) is 0.154. The Bertz CT molecular complexity index is 636. The first-order valence-electron chi connectivity index (χ1n) is 5.80. The van der Waals surface area contributed by atoms with Gasteiger partial charge in [0.05, 0.1) is 23.0 Å². The number of benzene rings is 1. The van der Waals surface area contributed by atoms with E-state index in [4.69, 9.17) is 11.0 Å². The normalized spacial score (nSPS) is 9.89. The van der Waals surface area contributed by atoms with E-state index in [0.29, 0.717) is 23.4 Å². The number of nitrogens with two attached hydrogens (primary N) is 1. The quantitative estimate of drug-likeness (QED) is 0.775. The van der Waals surface area contributed by atoms with Crippen molar-refractivity contribution in [3.63, 3.8) is 0 Å². The lowest BCUT2D eigenvalue weighted by molar-refractivity contribution is 0.102. The van der Waals surface area contributed by atoms with Crippen molar-refractivity contribution in [2.24, 2.45) is 0 Å². The van der Waals surface area contributed by atoms with Crippen LogP contribution in [0.4, 0.5) is 11.4 Å². The minimum Gasteiger partial charge on any atom is -0.395 e. The van der Waals surface area contributed by atoms with Crippen LogP contribution in [0.3, 0.4) is 0 Å². The lowest BCUT2D eigenvalue weighted by atomic mass is 10.2. The molecule has 0 aliphatic carbocycles. The molecule has 1 aromatic heterocycles. The van der Waals surface area contributed by atoms with E-state index in [9.17, 15) is 4.79 Å². The second-order valence-electron chi connectivity index (χ2n) is 3.96. The van der Waals surface area contributed by atoms with E-state index >= 15 is 0 Å². The van der Waals surface area contributed by atoms with Gasteiger partial charge in [-0.2, -0.15) is 10.4 Å². The van der Waals surface area contributed by atoms with Crippen molar-refractivity contribution in [1.82, 2.24) is 10.2 Å². The Morgan fingerprint density at radius 1 is 1.47 bits per heavy atom. The number of rotatable bonds is 3. The Balaban J connectivity index is 2.16. The first-order valence-corrected chi connectivity index (χ1v) is 5.80. The zero-order valence-corrected chi connectivity index (χ0v) is 10.4. The summed E-state index contributed by atoms with van der Waals surface area (Å²) in [5.41, 5.74) is 8.23. The van der Waals surface area contributed by atoms with Crippen LogP contribution in [0.15, 0.2) is 24.3 Å². The van der Waals surface area contributed by atoms with Crippen LogP contribution in [0.5, 0.6) is 0 Å². The average Bonchev–Trinajstić information content (AvgIpc) is 2.80. The Morgan fingerprint density at radius 3 is 2.68 bits per heavy atom. The maximum Gasteiger partial charge on any atom is 0.278 e. The van der Waals surface area contributed by atoms with Crippen LogP contribution in [-0.2, 0) is 6.42 Å². The number of hydrogen-bond acceptors (Lipinski definition) is 4. The predicted octanol–water partition coefficient (Wildman–Crippen LogP) is 1.68. The van der Waals surface area contributed by atoms with Crippen molar-refractivity contribution in [3.05, 3.63) is 41.2 Å². The molecule has 1 amide bonds. The second-order valence-corrected chi connectivity index (χ2v) is 3.96. The van der Waals surface area contributed by atoms with E-state index in [1.54, 1.807) is 24.3 Å². The third-order valence-electron chi connectivity index (χ3n) is 2.72.